The molecule has 0 N–H and O–H groups in total. The first-order valence-corrected chi connectivity index (χ1v) is 7.03. The molecule has 0 bridgehead atoms. The Morgan fingerprint density at radius 1 is 1.30 bits per heavy atom. The van der Waals surface area contributed by atoms with Crippen molar-refractivity contribution in [2.24, 2.45) is 0 Å². The highest BCUT2D eigenvalue weighted by atomic mass is 19.1. The predicted molar refractivity (Wildman–Crippen MR) is 74.5 cm³/mol. The fraction of sp³-hybridized carbons (Fsp3) is 0.438. The first-order chi connectivity index (χ1) is 9.63. The van der Waals surface area contributed by atoms with Crippen LogP contribution in [0.15, 0.2) is 30.3 Å². The highest BCUT2D eigenvalue weighted by Gasteiger charge is 2.36. The highest BCUT2D eigenvalue weighted by molar-refractivity contribution is 5.78. The van der Waals surface area contributed by atoms with E-state index in [1.54, 1.807) is 0 Å². The Hall–Kier alpha value is -1.68. The maximum Gasteiger partial charge on any atom is 0.323 e. The summed E-state index contributed by atoms with van der Waals surface area (Å²) in [6.07, 6.45) is 3.81. The molecule has 0 spiro atoms. The lowest BCUT2D eigenvalue weighted by atomic mass is 9.98. The van der Waals surface area contributed by atoms with Crippen LogP contribution in [-0.4, -0.2) is 36.1 Å². The molecule has 1 aromatic rings. The monoisotopic (exact) mass is 275 g/mol. The average molecular weight is 275 g/mol. The van der Waals surface area contributed by atoms with E-state index in [0.29, 0.717) is 0 Å². The Morgan fingerprint density at radius 3 is 2.60 bits per heavy atom. The van der Waals surface area contributed by atoms with Crippen LogP contribution in [0.4, 0.5) is 4.39 Å². The van der Waals surface area contributed by atoms with E-state index >= 15 is 0 Å². The van der Waals surface area contributed by atoms with Gasteiger partial charge in [0.2, 0.25) is 0 Å². The third-order valence-corrected chi connectivity index (χ3v) is 4.04. The number of halogens is 1. The van der Waals surface area contributed by atoms with Crippen LogP contribution >= 0.6 is 0 Å². The quantitative estimate of drug-likeness (QED) is 0.777. The second-order valence-electron chi connectivity index (χ2n) is 5.48. The second kappa shape index (κ2) is 5.37. The number of benzene rings is 1. The van der Waals surface area contributed by atoms with Crippen LogP contribution in [-0.2, 0) is 9.53 Å². The van der Waals surface area contributed by atoms with Gasteiger partial charge in [0.25, 0.3) is 0 Å². The summed E-state index contributed by atoms with van der Waals surface area (Å²) < 4.78 is 18.1. The predicted octanol–water partition coefficient (Wildman–Crippen LogP) is 2.62. The lowest BCUT2D eigenvalue weighted by Gasteiger charge is -2.29. The molecule has 1 saturated heterocycles. The van der Waals surface area contributed by atoms with E-state index in [-0.39, 0.29) is 23.9 Å². The molecule has 3 rings (SSSR count). The van der Waals surface area contributed by atoms with Gasteiger partial charge in [-0.1, -0.05) is 18.2 Å². The van der Waals surface area contributed by atoms with Gasteiger partial charge < -0.3 is 4.74 Å². The normalized spacial score (nSPS) is 27.3. The third kappa shape index (κ3) is 2.61. The van der Waals surface area contributed by atoms with E-state index in [1.807, 2.05) is 19.1 Å². The van der Waals surface area contributed by atoms with Crippen molar-refractivity contribution in [3.8, 4) is 0 Å². The van der Waals surface area contributed by atoms with Crippen LogP contribution in [0.25, 0.3) is 5.57 Å². The van der Waals surface area contributed by atoms with Gasteiger partial charge >= 0.3 is 5.97 Å². The van der Waals surface area contributed by atoms with E-state index in [0.717, 1.165) is 31.5 Å². The molecule has 0 aromatic heterocycles. The molecular weight excluding hydrogens is 257 g/mol. The fourth-order valence-corrected chi connectivity index (χ4v) is 2.93. The van der Waals surface area contributed by atoms with Gasteiger partial charge in [-0.05, 0) is 36.6 Å². The van der Waals surface area contributed by atoms with Crippen LogP contribution in [0.2, 0.25) is 0 Å². The van der Waals surface area contributed by atoms with Gasteiger partial charge in [-0.2, -0.15) is 0 Å². The summed E-state index contributed by atoms with van der Waals surface area (Å²) in [4.78, 5) is 13.9. The number of hydrogen-bond acceptors (Lipinski definition) is 3. The molecule has 0 radical (unpaired) electrons. The Labute approximate surface area is 118 Å². The summed E-state index contributed by atoms with van der Waals surface area (Å²) in [5, 5.41) is 0. The van der Waals surface area contributed by atoms with Gasteiger partial charge in [0, 0.05) is 19.5 Å². The van der Waals surface area contributed by atoms with Gasteiger partial charge in [0.05, 0.1) is 0 Å². The molecule has 2 aliphatic rings. The maximum atomic E-state index is 12.9. The van der Waals surface area contributed by atoms with E-state index in [2.05, 4.69) is 11.0 Å². The Balaban J connectivity index is 1.69. The van der Waals surface area contributed by atoms with Crippen LogP contribution in [0.1, 0.15) is 25.3 Å². The number of esters is 1. The summed E-state index contributed by atoms with van der Waals surface area (Å²) in [6, 6.07) is 6.48. The first kappa shape index (κ1) is 13.3. The van der Waals surface area contributed by atoms with E-state index < -0.39 is 0 Å². The Kier molecular flexibility index (Phi) is 3.57. The van der Waals surface area contributed by atoms with Crippen molar-refractivity contribution < 1.29 is 13.9 Å². The van der Waals surface area contributed by atoms with Crippen LogP contribution in [0.5, 0.6) is 0 Å². The highest BCUT2D eigenvalue weighted by Crippen LogP contribution is 2.27. The van der Waals surface area contributed by atoms with E-state index in [9.17, 15) is 9.18 Å². The summed E-state index contributed by atoms with van der Waals surface area (Å²) in [5.74, 6) is -0.314. The van der Waals surface area contributed by atoms with Crippen LogP contribution < -0.4 is 0 Å². The number of nitrogens with zero attached hydrogens (tertiary/aromatic N) is 1. The second-order valence-corrected chi connectivity index (χ2v) is 5.48. The molecule has 1 aromatic carbocycles. The molecule has 0 saturated carbocycles. The van der Waals surface area contributed by atoms with Gasteiger partial charge in [0.15, 0.2) is 0 Å². The van der Waals surface area contributed by atoms with Gasteiger partial charge in [-0.15, -0.1) is 0 Å². The molecule has 2 heterocycles. The molecule has 0 amide bonds. The molecular formula is C16H18FNO2. The minimum Gasteiger partial charge on any atom is -0.461 e. The minimum absolute atomic E-state index is 0.0231. The molecule has 2 aliphatic heterocycles. The topological polar surface area (TPSA) is 29.5 Å². The van der Waals surface area contributed by atoms with Gasteiger partial charge in [-0.3, -0.25) is 9.69 Å². The van der Waals surface area contributed by atoms with Crippen molar-refractivity contribution in [3.63, 3.8) is 0 Å². The molecule has 106 valence electrons. The number of carbonyl (C=O) groups is 1. The zero-order valence-corrected chi connectivity index (χ0v) is 11.5. The number of rotatable bonds is 2. The summed E-state index contributed by atoms with van der Waals surface area (Å²) in [6.45, 7) is 3.52. The first-order valence-electron chi connectivity index (χ1n) is 7.03. The molecule has 20 heavy (non-hydrogen) atoms. The number of carbonyl (C=O) groups excluding carboxylic acids is 1. The summed E-state index contributed by atoms with van der Waals surface area (Å²) >= 11 is 0. The van der Waals surface area contributed by atoms with Crippen molar-refractivity contribution in [3.05, 3.63) is 41.7 Å². The van der Waals surface area contributed by atoms with Gasteiger partial charge in [-0.25, -0.2) is 4.39 Å². The number of ether oxygens (including phenoxy) is 1. The maximum absolute atomic E-state index is 12.9. The van der Waals surface area contributed by atoms with Crippen LogP contribution in [0, 0.1) is 5.82 Å². The van der Waals surface area contributed by atoms with E-state index in [4.69, 9.17) is 4.74 Å². The van der Waals surface area contributed by atoms with Crippen molar-refractivity contribution in [2.75, 3.05) is 13.1 Å². The van der Waals surface area contributed by atoms with Gasteiger partial charge in [0.1, 0.15) is 18.0 Å². The average Bonchev–Trinajstić information content (AvgIpc) is 2.79. The summed E-state index contributed by atoms with van der Waals surface area (Å²) in [5.41, 5.74) is 2.29. The smallest absolute Gasteiger partial charge is 0.323 e. The lowest BCUT2D eigenvalue weighted by molar-refractivity contribution is -0.144. The van der Waals surface area contributed by atoms with Crippen molar-refractivity contribution >= 4 is 11.5 Å². The number of cyclic esters (lactones) is 1. The minimum atomic E-state index is -0.213. The standard InChI is InChI=1S/C16H18FNO2/c1-11-10-15(16(19)20-11)18-8-6-13(7-9-18)12-2-4-14(17)5-3-12/h2-6,11,15H,7-10H2,1H3/t11-,15+/m0/s1. The number of hydrogen-bond donors (Lipinski definition) is 0. The third-order valence-electron chi connectivity index (χ3n) is 4.04. The fourth-order valence-electron chi connectivity index (χ4n) is 2.93. The zero-order valence-electron chi connectivity index (χ0n) is 11.5. The van der Waals surface area contributed by atoms with Crippen molar-refractivity contribution in [1.82, 2.24) is 4.90 Å². The molecule has 4 heteroatoms. The molecule has 3 nitrogen and oxygen atoms in total. The SMILES string of the molecule is C[C@H]1C[C@@H](N2CC=C(c3ccc(F)cc3)CC2)C(=O)O1. The molecule has 1 fully saturated rings. The lowest BCUT2D eigenvalue weighted by Crippen LogP contribution is -2.41. The summed E-state index contributed by atoms with van der Waals surface area (Å²) in [7, 11) is 0. The van der Waals surface area contributed by atoms with Crippen LogP contribution in [0.3, 0.4) is 0 Å². The van der Waals surface area contributed by atoms with Crippen molar-refractivity contribution in [1.29, 1.82) is 0 Å². The van der Waals surface area contributed by atoms with Crippen molar-refractivity contribution in [2.45, 2.75) is 31.9 Å². The largest absolute Gasteiger partial charge is 0.461 e. The van der Waals surface area contributed by atoms with E-state index in [1.165, 1.54) is 17.7 Å². The molecule has 2 atom stereocenters. The molecule has 0 unspecified atom stereocenters. The molecule has 0 aliphatic carbocycles. The zero-order chi connectivity index (χ0) is 14.1. The Bertz CT molecular complexity index is 538. The Morgan fingerprint density at radius 2 is 2.05 bits per heavy atom.